The molecule has 1 aliphatic carbocycles. The first-order valence-corrected chi connectivity index (χ1v) is 9.98. The summed E-state index contributed by atoms with van der Waals surface area (Å²) in [5.41, 5.74) is 9.08. The number of carbonyl (C=O) groups is 1. The first kappa shape index (κ1) is 19.4. The summed E-state index contributed by atoms with van der Waals surface area (Å²) < 4.78 is 5.92. The number of nitrogens with one attached hydrogen (secondary N) is 1. The van der Waals surface area contributed by atoms with E-state index >= 15 is 0 Å². The molecule has 2 aromatic rings. The smallest absolute Gasteiger partial charge is 0.248 e. The van der Waals surface area contributed by atoms with Crippen molar-refractivity contribution >= 4 is 5.91 Å². The maximum atomic E-state index is 11.3. The number of primary amides is 1. The van der Waals surface area contributed by atoms with Gasteiger partial charge in [-0.05, 0) is 73.2 Å². The van der Waals surface area contributed by atoms with E-state index in [2.05, 4.69) is 11.4 Å². The number of aryl methyl sites for hydroxylation is 1. The molecule has 2 aromatic carbocycles. The molecule has 0 heterocycles. The van der Waals surface area contributed by atoms with Crippen LogP contribution in [-0.2, 0) is 0 Å². The Kier molecular flexibility index (Phi) is 6.88. The van der Waals surface area contributed by atoms with Crippen molar-refractivity contribution in [3.05, 3.63) is 53.6 Å². The van der Waals surface area contributed by atoms with Gasteiger partial charge in [-0.25, -0.2) is 0 Å². The lowest BCUT2D eigenvalue weighted by Gasteiger charge is -2.21. The summed E-state index contributed by atoms with van der Waals surface area (Å²) in [7, 11) is 0. The van der Waals surface area contributed by atoms with E-state index in [0.29, 0.717) is 12.2 Å². The number of hydrogen-bond donors (Lipinski definition) is 2. The third-order valence-electron chi connectivity index (χ3n) is 5.36. The fraction of sp³-hybridized carbons (Fsp3) is 0.435. The zero-order valence-corrected chi connectivity index (χ0v) is 16.2. The lowest BCUT2D eigenvalue weighted by molar-refractivity contribution is 0.1000. The summed E-state index contributed by atoms with van der Waals surface area (Å²) in [6.45, 7) is 4.63. The Hall–Kier alpha value is -2.33. The zero-order chi connectivity index (χ0) is 19.1. The SMILES string of the molecule is Cc1cc(C(N)=O)ccc1-c1cccc(OCCNCC2CCCCC2)c1. The van der Waals surface area contributed by atoms with E-state index in [1.807, 2.05) is 37.3 Å². The fourth-order valence-corrected chi connectivity index (χ4v) is 3.83. The third-order valence-corrected chi connectivity index (χ3v) is 5.36. The van der Waals surface area contributed by atoms with Crippen LogP contribution in [0, 0.1) is 12.8 Å². The molecule has 4 heteroatoms. The molecular formula is C23H30N2O2. The minimum atomic E-state index is -0.400. The van der Waals surface area contributed by atoms with E-state index in [1.165, 1.54) is 32.1 Å². The van der Waals surface area contributed by atoms with Crippen molar-refractivity contribution in [1.82, 2.24) is 5.32 Å². The van der Waals surface area contributed by atoms with Crippen molar-refractivity contribution in [3.8, 4) is 16.9 Å². The zero-order valence-electron chi connectivity index (χ0n) is 16.2. The summed E-state index contributed by atoms with van der Waals surface area (Å²) >= 11 is 0. The molecule has 0 unspecified atom stereocenters. The molecule has 1 fully saturated rings. The van der Waals surface area contributed by atoms with Crippen molar-refractivity contribution in [3.63, 3.8) is 0 Å². The molecule has 144 valence electrons. The molecule has 0 aromatic heterocycles. The Morgan fingerprint density at radius 2 is 1.96 bits per heavy atom. The van der Waals surface area contributed by atoms with Crippen LogP contribution in [-0.4, -0.2) is 25.6 Å². The molecule has 0 bridgehead atoms. The van der Waals surface area contributed by atoms with E-state index in [4.69, 9.17) is 10.5 Å². The Morgan fingerprint density at radius 3 is 2.70 bits per heavy atom. The van der Waals surface area contributed by atoms with Crippen LogP contribution in [0.2, 0.25) is 0 Å². The third kappa shape index (κ3) is 5.57. The molecule has 4 nitrogen and oxygen atoms in total. The molecule has 1 aliphatic rings. The molecule has 0 spiro atoms. The average Bonchev–Trinajstić information content (AvgIpc) is 2.68. The number of amides is 1. The highest BCUT2D eigenvalue weighted by Crippen LogP contribution is 2.27. The Balaban J connectivity index is 1.52. The van der Waals surface area contributed by atoms with Crippen molar-refractivity contribution in [2.45, 2.75) is 39.0 Å². The summed E-state index contributed by atoms with van der Waals surface area (Å²) in [5.74, 6) is 1.31. The van der Waals surface area contributed by atoms with Crippen LogP contribution < -0.4 is 15.8 Å². The number of ether oxygens (including phenoxy) is 1. The van der Waals surface area contributed by atoms with Gasteiger partial charge in [-0.2, -0.15) is 0 Å². The van der Waals surface area contributed by atoms with Crippen LogP contribution in [0.15, 0.2) is 42.5 Å². The lowest BCUT2D eigenvalue weighted by Crippen LogP contribution is -2.28. The van der Waals surface area contributed by atoms with Crippen LogP contribution in [0.3, 0.4) is 0 Å². The van der Waals surface area contributed by atoms with Crippen LogP contribution in [0.1, 0.15) is 48.0 Å². The van der Waals surface area contributed by atoms with Crippen LogP contribution >= 0.6 is 0 Å². The lowest BCUT2D eigenvalue weighted by atomic mass is 9.89. The normalized spacial score (nSPS) is 14.9. The van der Waals surface area contributed by atoms with Gasteiger partial charge in [0.1, 0.15) is 12.4 Å². The second-order valence-corrected chi connectivity index (χ2v) is 7.48. The van der Waals surface area contributed by atoms with Crippen LogP contribution in [0.4, 0.5) is 0 Å². The summed E-state index contributed by atoms with van der Waals surface area (Å²) in [4.78, 5) is 11.3. The second kappa shape index (κ2) is 9.56. The van der Waals surface area contributed by atoms with E-state index in [9.17, 15) is 4.79 Å². The molecular weight excluding hydrogens is 336 g/mol. The number of benzene rings is 2. The van der Waals surface area contributed by atoms with Gasteiger partial charge in [0.05, 0.1) is 0 Å². The first-order chi connectivity index (χ1) is 13.1. The highest BCUT2D eigenvalue weighted by atomic mass is 16.5. The van der Waals surface area contributed by atoms with Gasteiger partial charge in [0.15, 0.2) is 0 Å². The van der Waals surface area contributed by atoms with Crippen molar-refractivity contribution in [1.29, 1.82) is 0 Å². The maximum absolute atomic E-state index is 11.3. The standard InChI is InChI=1S/C23H30N2O2/c1-17-14-20(23(24)26)10-11-22(17)19-8-5-9-21(15-19)27-13-12-25-16-18-6-3-2-4-7-18/h5,8-11,14-15,18,25H,2-4,6-7,12-13,16H2,1H3,(H2,24,26). The highest BCUT2D eigenvalue weighted by molar-refractivity contribution is 5.93. The van der Waals surface area contributed by atoms with E-state index in [-0.39, 0.29) is 0 Å². The number of nitrogens with two attached hydrogens (primary N) is 1. The maximum Gasteiger partial charge on any atom is 0.248 e. The second-order valence-electron chi connectivity index (χ2n) is 7.48. The van der Waals surface area contributed by atoms with Crippen molar-refractivity contribution < 1.29 is 9.53 Å². The van der Waals surface area contributed by atoms with Gasteiger partial charge in [-0.3, -0.25) is 4.79 Å². The number of hydrogen-bond acceptors (Lipinski definition) is 3. The Bertz CT molecular complexity index is 767. The highest BCUT2D eigenvalue weighted by Gasteiger charge is 2.12. The van der Waals surface area contributed by atoms with Crippen LogP contribution in [0.25, 0.3) is 11.1 Å². The molecule has 1 amide bonds. The van der Waals surface area contributed by atoms with Crippen molar-refractivity contribution in [2.75, 3.05) is 19.7 Å². The monoisotopic (exact) mass is 366 g/mol. The molecule has 0 atom stereocenters. The summed E-state index contributed by atoms with van der Waals surface area (Å²) in [5, 5.41) is 3.53. The minimum Gasteiger partial charge on any atom is -0.492 e. The first-order valence-electron chi connectivity index (χ1n) is 9.98. The summed E-state index contributed by atoms with van der Waals surface area (Å²) in [6.07, 6.45) is 6.90. The molecule has 27 heavy (non-hydrogen) atoms. The van der Waals surface area contributed by atoms with Gasteiger partial charge in [-0.1, -0.05) is 37.5 Å². The van der Waals surface area contributed by atoms with Gasteiger partial charge in [0, 0.05) is 12.1 Å². The minimum absolute atomic E-state index is 0.400. The van der Waals surface area contributed by atoms with Gasteiger partial charge in [0.2, 0.25) is 5.91 Å². The molecule has 0 aliphatic heterocycles. The number of carbonyl (C=O) groups excluding carboxylic acids is 1. The quantitative estimate of drug-likeness (QED) is 0.684. The van der Waals surface area contributed by atoms with Crippen molar-refractivity contribution in [2.24, 2.45) is 11.7 Å². The Morgan fingerprint density at radius 1 is 1.15 bits per heavy atom. The van der Waals surface area contributed by atoms with Gasteiger partial charge >= 0.3 is 0 Å². The molecule has 3 rings (SSSR count). The average molecular weight is 367 g/mol. The molecule has 0 saturated heterocycles. The molecule has 3 N–H and O–H groups in total. The number of rotatable bonds is 8. The van der Waals surface area contributed by atoms with Gasteiger partial charge < -0.3 is 15.8 Å². The fourth-order valence-electron chi connectivity index (χ4n) is 3.83. The molecule has 1 saturated carbocycles. The largest absolute Gasteiger partial charge is 0.492 e. The summed E-state index contributed by atoms with van der Waals surface area (Å²) in [6, 6.07) is 13.6. The topological polar surface area (TPSA) is 64.4 Å². The van der Waals surface area contributed by atoms with E-state index in [1.54, 1.807) is 6.07 Å². The predicted molar refractivity (Wildman–Crippen MR) is 110 cm³/mol. The molecule has 0 radical (unpaired) electrons. The van der Waals surface area contributed by atoms with Gasteiger partial charge in [-0.15, -0.1) is 0 Å². The van der Waals surface area contributed by atoms with Gasteiger partial charge in [0.25, 0.3) is 0 Å². The Labute approximate surface area is 162 Å². The van der Waals surface area contributed by atoms with Crippen LogP contribution in [0.5, 0.6) is 5.75 Å². The van der Waals surface area contributed by atoms with E-state index < -0.39 is 5.91 Å². The predicted octanol–water partition coefficient (Wildman–Crippen LogP) is 4.31. The van der Waals surface area contributed by atoms with E-state index in [0.717, 1.165) is 41.4 Å².